The number of aliphatic carboxylic acids is 1. The molecule has 6 nitrogen and oxygen atoms in total. The summed E-state index contributed by atoms with van der Waals surface area (Å²) in [7, 11) is 0. The number of nitrogens with two attached hydrogens (primary N) is 1. The van der Waals surface area contributed by atoms with Crippen LogP contribution in [-0.2, 0) is 9.59 Å². The number of carbonyl (C=O) groups excluding carboxylic acids is 1. The maximum absolute atomic E-state index is 12.2. The Morgan fingerprint density at radius 2 is 2.00 bits per heavy atom. The zero-order valence-corrected chi connectivity index (χ0v) is 12.4. The van der Waals surface area contributed by atoms with E-state index in [0.717, 1.165) is 12.8 Å². The van der Waals surface area contributed by atoms with E-state index >= 15 is 0 Å². The van der Waals surface area contributed by atoms with Crippen LogP contribution in [0.5, 0.6) is 0 Å². The molecule has 1 aliphatic rings. The molecule has 0 heterocycles. The van der Waals surface area contributed by atoms with E-state index in [1.165, 1.54) is 0 Å². The smallest absolute Gasteiger partial charge is 0.332 e. The largest absolute Gasteiger partial charge is 0.479 e. The van der Waals surface area contributed by atoms with Gasteiger partial charge in [0.2, 0.25) is 5.91 Å². The highest BCUT2D eigenvalue weighted by molar-refractivity contribution is 5.79. The van der Waals surface area contributed by atoms with E-state index < -0.39 is 12.1 Å². The molecule has 0 aliphatic heterocycles. The molecule has 1 aliphatic carbocycles. The number of carboxylic acids is 1. The number of amides is 1. The van der Waals surface area contributed by atoms with Crippen molar-refractivity contribution >= 4 is 11.9 Å². The second-order valence-electron chi connectivity index (χ2n) is 6.34. The summed E-state index contributed by atoms with van der Waals surface area (Å²) >= 11 is 0. The van der Waals surface area contributed by atoms with Crippen LogP contribution in [0, 0.1) is 17.3 Å². The Labute approximate surface area is 119 Å². The van der Waals surface area contributed by atoms with Gasteiger partial charge in [0.1, 0.15) is 0 Å². The topological polar surface area (TPSA) is 113 Å². The highest BCUT2D eigenvalue weighted by Gasteiger charge is 2.44. The number of aliphatic hydroxyl groups is 1. The fourth-order valence-corrected chi connectivity index (χ4v) is 2.90. The lowest BCUT2D eigenvalue weighted by molar-refractivity contribution is -0.147. The standard InChI is InChI=1S/C14H26N2O4/c1-8-10(15)5-4-9(14(8,2)3)12(18)16-7-6-11(17)13(19)20/h8-11,17H,4-7,15H2,1-3H3,(H,16,18)(H,19,20)/t8?,9?,10?,11-/m0/s1. The monoisotopic (exact) mass is 286 g/mol. The molecular formula is C14H26N2O4. The summed E-state index contributed by atoms with van der Waals surface area (Å²) < 4.78 is 0. The van der Waals surface area contributed by atoms with Crippen LogP contribution in [0.1, 0.15) is 40.0 Å². The van der Waals surface area contributed by atoms with Crippen LogP contribution in [0.2, 0.25) is 0 Å². The van der Waals surface area contributed by atoms with Gasteiger partial charge in [-0.1, -0.05) is 20.8 Å². The second kappa shape index (κ2) is 6.54. The molecule has 0 spiro atoms. The van der Waals surface area contributed by atoms with E-state index in [-0.39, 0.29) is 42.2 Å². The van der Waals surface area contributed by atoms with Gasteiger partial charge in [0.05, 0.1) is 0 Å². The van der Waals surface area contributed by atoms with Crippen LogP contribution in [0.15, 0.2) is 0 Å². The van der Waals surface area contributed by atoms with Crippen molar-refractivity contribution in [1.29, 1.82) is 0 Å². The highest BCUT2D eigenvalue weighted by atomic mass is 16.4. The lowest BCUT2D eigenvalue weighted by Gasteiger charge is -2.46. The van der Waals surface area contributed by atoms with Crippen molar-refractivity contribution in [3.8, 4) is 0 Å². The maximum atomic E-state index is 12.2. The summed E-state index contributed by atoms with van der Waals surface area (Å²) in [4.78, 5) is 22.7. The third-order valence-electron chi connectivity index (χ3n) is 4.82. The number of nitrogens with one attached hydrogen (secondary N) is 1. The average Bonchev–Trinajstić information content (AvgIpc) is 2.35. The number of carbonyl (C=O) groups is 2. The Hall–Kier alpha value is -1.14. The summed E-state index contributed by atoms with van der Waals surface area (Å²) in [6, 6.07) is 0.114. The molecule has 4 atom stereocenters. The molecule has 1 fully saturated rings. The van der Waals surface area contributed by atoms with Crippen LogP contribution in [-0.4, -0.2) is 40.8 Å². The van der Waals surface area contributed by atoms with Gasteiger partial charge < -0.3 is 21.3 Å². The predicted molar refractivity (Wildman–Crippen MR) is 74.9 cm³/mol. The van der Waals surface area contributed by atoms with Crippen molar-refractivity contribution < 1.29 is 19.8 Å². The lowest BCUT2D eigenvalue weighted by atomic mass is 9.61. The molecule has 6 heteroatoms. The zero-order valence-electron chi connectivity index (χ0n) is 12.4. The molecule has 116 valence electrons. The maximum Gasteiger partial charge on any atom is 0.332 e. The molecule has 1 saturated carbocycles. The number of hydrogen-bond acceptors (Lipinski definition) is 4. The van der Waals surface area contributed by atoms with Gasteiger partial charge in [-0.3, -0.25) is 4.79 Å². The Morgan fingerprint density at radius 3 is 2.55 bits per heavy atom. The summed E-state index contributed by atoms with van der Waals surface area (Å²) in [5.41, 5.74) is 5.87. The van der Waals surface area contributed by atoms with E-state index in [1.807, 2.05) is 13.8 Å². The van der Waals surface area contributed by atoms with Gasteiger partial charge in [-0.15, -0.1) is 0 Å². The summed E-state index contributed by atoms with van der Waals surface area (Å²) in [5.74, 6) is -1.22. The average molecular weight is 286 g/mol. The Morgan fingerprint density at radius 1 is 1.40 bits per heavy atom. The third kappa shape index (κ3) is 3.70. The fraction of sp³-hybridized carbons (Fsp3) is 0.857. The normalized spacial score (nSPS) is 30.6. The molecule has 1 amide bonds. The van der Waals surface area contributed by atoms with Gasteiger partial charge >= 0.3 is 5.97 Å². The second-order valence-corrected chi connectivity index (χ2v) is 6.34. The Balaban J connectivity index is 2.53. The molecule has 3 unspecified atom stereocenters. The molecule has 0 bridgehead atoms. The van der Waals surface area contributed by atoms with Crippen molar-refractivity contribution in [2.45, 2.75) is 52.2 Å². The van der Waals surface area contributed by atoms with Crippen molar-refractivity contribution in [2.24, 2.45) is 23.0 Å². The SMILES string of the molecule is CC1C(N)CCC(C(=O)NCC[C@H](O)C(=O)O)C1(C)C. The van der Waals surface area contributed by atoms with Crippen LogP contribution in [0.25, 0.3) is 0 Å². The first-order valence-electron chi connectivity index (χ1n) is 7.12. The third-order valence-corrected chi connectivity index (χ3v) is 4.82. The van der Waals surface area contributed by atoms with E-state index in [4.69, 9.17) is 15.9 Å². The van der Waals surface area contributed by atoms with Crippen LogP contribution >= 0.6 is 0 Å². The zero-order chi connectivity index (χ0) is 15.5. The van der Waals surface area contributed by atoms with Gasteiger partial charge in [0, 0.05) is 24.9 Å². The first-order valence-corrected chi connectivity index (χ1v) is 7.12. The van der Waals surface area contributed by atoms with E-state index in [2.05, 4.69) is 12.2 Å². The van der Waals surface area contributed by atoms with Crippen molar-refractivity contribution in [2.75, 3.05) is 6.54 Å². The van der Waals surface area contributed by atoms with Crippen molar-refractivity contribution in [3.05, 3.63) is 0 Å². The van der Waals surface area contributed by atoms with Crippen LogP contribution in [0.4, 0.5) is 0 Å². The molecule has 1 rings (SSSR count). The summed E-state index contributed by atoms with van der Waals surface area (Å²) in [6.07, 6.45) is 0.150. The van der Waals surface area contributed by atoms with Gasteiger partial charge in [-0.25, -0.2) is 4.79 Å². The first-order chi connectivity index (χ1) is 9.17. The molecule has 0 aromatic rings. The molecule has 20 heavy (non-hydrogen) atoms. The molecule has 0 saturated heterocycles. The minimum atomic E-state index is -1.43. The van der Waals surface area contributed by atoms with Crippen LogP contribution < -0.4 is 11.1 Å². The molecule has 5 N–H and O–H groups in total. The van der Waals surface area contributed by atoms with Crippen LogP contribution in [0.3, 0.4) is 0 Å². The fourth-order valence-electron chi connectivity index (χ4n) is 2.90. The predicted octanol–water partition coefficient (Wildman–Crippen LogP) is 0.338. The van der Waals surface area contributed by atoms with Gasteiger partial charge in [0.15, 0.2) is 6.10 Å². The molecule has 0 aromatic heterocycles. The van der Waals surface area contributed by atoms with Crippen molar-refractivity contribution in [1.82, 2.24) is 5.32 Å². The summed E-state index contributed by atoms with van der Waals surface area (Å²) in [5, 5.41) is 20.5. The van der Waals surface area contributed by atoms with E-state index in [9.17, 15) is 9.59 Å². The number of hydrogen-bond donors (Lipinski definition) is 4. The molecular weight excluding hydrogens is 260 g/mol. The van der Waals surface area contributed by atoms with E-state index in [1.54, 1.807) is 0 Å². The first kappa shape index (κ1) is 16.9. The minimum absolute atomic E-state index is 0.0172. The lowest BCUT2D eigenvalue weighted by Crippen LogP contribution is -2.51. The Kier molecular flexibility index (Phi) is 5.53. The quantitative estimate of drug-likeness (QED) is 0.582. The van der Waals surface area contributed by atoms with Gasteiger partial charge in [-0.05, 0) is 24.2 Å². The number of aliphatic hydroxyl groups excluding tert-OH is 1. The number of rotatable bonds is 5. The Bertz CT molecular complexity index is 370. The molecule has 0 aromatic carbocycles. The summed E-state index contributed by atoms with van der Waals surface area (Å²) in [6.45, 7) is 6.33. The van der Waals surface area contributed by atoms with E-state index in [0.29, 0.717) is 0 Å². The molecule has 0 radical (unpaired) electrons. The van der Waals surface area contributed by atoms with Crippen molar-refractivity contribution in [3.63, 3.8) is 0 Å². The highest BCUT2D eigenvalue weighted by Crippen LogP contribution is 2.44. The number of carboxylic acid groups (broad SMARTS) is 1. The van der Waals surface area contributed by atoms with Gasteiger partial charge in [-0.2, -0.15) is 0 Å². The van der Waals surface area contributed by atoms with Gasteiger partial charge in [0.25, 0.3) is 0 Å². The minimum Gasteiger partial charge on any atom is -0.479 e.